The van der Waals surface area contributed by atoms with Crippen molar-refractivity contribution in [1.29, 1.82) is 0 Å². The van der Waals surface area contributed by atoms with Crippen molar-refractivity contribution in [3.63, 3.8) is 0 Å². The van der Waals surface area contributed by atoms with Crippen LogP contribution >= 0.6 is 0 Å². The molecule has 1 saturated heterocycles. The van der Waals surface area contributed by atoms with Crippen LogP contribution in [0.2, 0.25) is 0 Å². The molecule has 2 nitrogen and oxygen atoms in total. The molecule has 5 heteroatoms. The standard InChI is InChI=1S/C6H10F3NO/c1-2-5-10(3-4-11-5)6(7,8)9/h5H,2-4H2,1H3. The molecule has 1 aliphatic heterocycles. The number of hydrogen-bond acceptors (Lipinski definition) is 2. The molecule has 1 fully saturated rings. The van der Waals surface area contributed by atoms with Crippen LogP contribution in [0, 0.1) is 0 Å². The summed E-state index contributed by atoms with van der Waals surface area (Å²) in [5.41, 5.74) is 0. The van der Waals surface area contributed by atoms with Crippen LogP contribution in [0.25, 0.3) is 0 Å². The minimum atomic E-state index is -4.24. The summed E-state index contributed by atoms with van der Waals surface area (Å²) >= 11 is 0. The predicted octanol–water partition coefficient (Wildman–Crippen LogP) is 1.57. The Hall–Kier alpha value is -0.290. The van der Waals surface area contributed by atoms with Crippen molar-refractivity contribution in [2.24, 2.45) is 0 Å². The topological polar surface area (TPSA) is 12.5 Å². The van der Waals surface area contributed by atoms with E-state index in [-0.39, 0.29) is 13.2 Å². The molecule has 0 saturated carbocycles. The molecule has 1 heterocycles. The normalized spacial score (nSPS) is 27.8. The van der Waals surface area contributed by atoms with E-state index in [9.17, 15) is 13.2 Å². The SMILES string of the molecule is CCC1OCCN1C(F)(F)F. The first-order chi connectivity index (χ1) is 5.05. The lowest BCUT2D eigenvalue weighted by atomic mass is 10.4. The summed E-state index contributed by atoms with van der Waals surface area (Å²) in [5, 5.41) is 0. The van der Waals surface area contributed by atoms with Gasteiger partial charge in [-0.2, -0.15) is 18.1 Å². The molecule has 0 amide bonds. The Labute approximate surface area is 62.9 Å². The van der Waals surface area contributed by atoms with Crippen LogP contribution in [-0.4, -0.2) is 30.6 Å². The molecule has 0 spiro atoms. The highest BCUT2D eigenvalue weighted by Gasteiger charge is 2.44. The second kappa shape index (κ2) is 2.98. The lowest BCUT2D eigenvalue weighted by Crippen LogP contribution is -2.41. The molecule has 0 radical (unpaired) electrons. The Morgan fingerprint density at radius 1 is 1.55 bits per heavy atom. The van der Waals surface area contributed by atoms with Gasteiger partial charge in [0.05, 0.1) is 6.61 Å². The first kappa shape index (κ1) is 8.80. The summed E-state index contributed by atoms with van der Waals surface area (Å²) < 4.78 is 41.0. The molecule has 0 aromatic heterocycles. The zero-order valence-corrected chi connectivity index (χ0v) is 6.19. The van der Waals surface area contributed by atoms with Gasteiger partial charge in [-0.3, -0.25) is 0 Å². The van der Waals surface area contributed by atoms with Crippen LogP contribution in [0.4, 0.5) is 13.2 Å². The highest BCUT2D eigenvalue weighted by Crippen LogP contribution is 2.28. The maximum Gasteiger partial charge on any atom is 0.462 e. The fourth-order valence-electron chi connectivity index (χ4n) is 1.15. The van der Waals surface area contributed by atoms with Crippen LogP contribution < -0.4 is 0 Å². The van der Waals surface area contributed by atoms with Gasteiger partial charge in [-0.1, -0.05) is 6.92 Å². The van der Waals surface area contributed by atoms with Gasteiger partial charge in [0.15, 0.2) is 0 Å². The van der Waals surface area contributed by atoms with E-state index in [2.05, 4.69) is 0 Å². The van der Waals surface area contributed by atoms with Crippen LogP contribution in [-0.2, 0) is 4.74 Å². The Morgan fingerprint density at radius 3 is 2.55 bits per heavy atom. The van der Waals surface area contributed by atoms with Gasteiger partial charge >= 0.3 is 6.30 Å². The van der Waals surface area contributed by atoms with Crippen molar-refractivity contribution in [2.45, 2.75) is 25.9 Å². The van der Waals surface area contributed by atoms with Crippen molar-refractivity contribution in [3.05, 3.63) is 0 Å². The van der Waals surface area contributed by atoms with E-state index < -0.39 is 12.5 Å². The molecular formula is C6H10F3NO. The number of hydrogen-bond donors (Lipinski definition) is 0. The van der Waals surface area contributed by atoms with Crippen LogP contribution in [0.5, 0.6) is 0 Å². The number of alkyl halides is 3. The van der Waals surface area contributed by atoms with E-state index >= 15 is 0 Å². The lowest BCUT2D eigenvalue weighted by Gasteiger charge is -2.23. The zero-order valence-electron chi connectivity index (χ0n) is 6.19. The van der Waals surface area contributed by atoms with Gasteiger partial charge in [-0.05, 0) is 6.42 Å². The smallest absolute Gasteiger partial charge is 0.362 e. The molecular weight excluding hydrogens is 159 g/mol. The molecule has 0 bridgehead atoms. The summed E-state index contributed by atoms with van der Waals surface area (Å²) in [6.45, 7) is 1.81. The van der Waals surface area contributed by atoms with Crippen molar-refractivity contribution in [1.82, 2.24) is 4.90 Å². The molecule has 1 atom stereocenters. The molecule has 1 rings (SSSR count). The third-order valence-electron chi connectivity index (χ3n) is 1.66. The molecule has 11 heavy (non-hydrogen) atoms. The van der Waals surface area contributed by atoms with Gasteiger partial charge in [0.1, 0.15) is 6.23 Å². The van der Waals surface area contributed by atoms with Crippen LogP contribution in [0.3, 0.4) is 0 Å². The fourth-order valence-corrected chi connectivity index (χ4v) is 1.15. The fraction of sp³-hybridized carbons (Fsp3) is 1.00. The summed E-state index contributed by atoms with van der Waals surface area (Å²) in [5.74, 6) is 0. The molecule has 0 aromatic carbocycles. The summed E-state index contributed by atoms with van der Waals surface area (Å²) in [7, 11) is 0. The first-order valence-electron chi connectivity index (χ1n) is 3.50. The minimum absolute atomic E-state index is 0.0397. The monoisotopic (exact) mass is 169 g/mol. The number of ether oxygens (including phenoxy) is 1. The van der Waals surface area contributed by atoms with E-state index in [0.29, 0.717) is 11.3 Å². The molecule has 0 aromatic rings. The molecule has 0 N–H and O–H groups in total. The second-order valence-corrected chi connectivity index (χ2v) is 2.39. The third kappa shape index (κ3) is 1.84. The molecule has 0 aliphatic carbocycles. The van der Waals surface area contributed by atoms with Crippen molar-refractivity contribution >= 4 is 0 Å². The number of rotatable bonds is 1. The van der Waals surface area contributed by atoms with Gasteiger partial charge < -0.3 is 4.74 Å². The van der Waals surface area contributed by atoms with Gasteiger partial charge in [-0.25, -0.2) is 0 Å². The summed E-state index contributed by atoms with van der Waals surface area (Å²) in [4.78, 5) is 0.424. The van der Waals surface area contributed by atoms with E-state index in [1.54, 1.807) is 6.92 Å². The first-order valence-corrected chi connectivity index (χ1v) is 3.50. The van der Waals surface area contributed by atoms with E-state index in [0.717, 1.165) is 0 Å². The van der Waals surface area contributed by atoms with Crippen molar-refractivity contribution in [3.8, 4) is 0 Å². The Morgan fingerprint density at radius 2 is 2.18 bits per heavy atom. The maximum absolute atomic E-state index is 12.0. The predicted molar refractivity (Wildman–Crippen MR) is 32.8 cm³/mol. The van der Waals surface area contributed by atoms with Gasteiger partial charge in [0.25, 0.3) is 0 Å². The van der Waals surface area contributed by atoms with Crippen LogP contribution in [0.15, 0.2) is 0 Å². The minimum Gasteiger partial charge on any atom is -0.362 e. The lowest BCUT2D eigenvalue weighted by molar-refractivity contribution is -0.264. The Balaban J connectivity index is 2.57. The molecule has 66 valence electrons. The summed E-state index contributed by atoms with van der Waals surface area (Å²) in [6, 6.07) is 0. The Bertz CT molecular complexity index is 136. The Kier molecular flexibility index (Phi) is 2.39. The number of nitrogens with zero attached hydrogens (tertiary/aromatic N) is 1. The highest BCUT2D eigenvalue weighted by atomic mass is 19.4. The van der Waals surface area contributed by atoms with Gasteiger partial charge in [-0.15, -0.1) is 0 Å². The van der Waals surface area contributed by atoms with Gasteiger partial charge in [0.2, 0.25) is 0 Å². The van der Waals surface area contributed by atoms with E-state index in [1.165, 1.54) is 0 Å². The summed E-state index contributed by atoms with van der Waals surface area (Å²) in [6.07, 6.45) is -4.63. The van der Waals surface area contributed by atoms with Crippen LogP contribution in [0.1, 0.15) is 13.3 Å². The maximum atomic E-state index is 12.0. The van der Waals surface area contributed by atoms with Crippen molar-refractivity contribution in [2.75, 3.05) is 13.2 Å². The van der Waals surface area contributed by atoms with E-state index in [4.69, 9.17) is 4.74 Å². The second-order valence-electron chi connectivity index (χ2n) is 2.39. The van der Waals surface area contributed by atoms with E-state index in [1.807, 2.05) is 0 Å². The average Bonchev–Trinajstić information content (AvgIpc) is 2.31. The zero-order chi connectivity index (χ0) is 8.48. The third-order valence-corrected chi connectivity index (χ3v) is 1.66. The molecule has 1 aliphatic rings. The quantitative estimate of drug-likeness (QED) is 0.552. The van der Waals surface area contributed by atoms with Gasteiger partial charge in [0, 0.05) is 6.54 Å². The molecule has 1 unspecified atom stereocenters. The average molecular weight is 169 g/mol. The number of halogens is 3. The highest BCUT2D eigenvalue weighted by molar-refractivity contribution is 4.70. The largest absolute Gasteiger partial charge is 0.462 e. The van der Waals surface area contributed by atoms with Crippen molar-refractivity contribution < 1.29 is 17.9 Å².